The summed E-state index contributed by atoms with van der Waals surface area (Å²) < 4.78 is 13.8. The average molecular weight is 253 g/mol. The molecule has 0 aliphatic carbocycles. The van der Waals surface area contributed by atoms with E-state index in [1.165, 1.54) is 6.07 Å². The molecule has 0 aliphatic heterocycles. The third-order valence-corrected chi connectivity index (χ3v) is 2.99. The van der Waals surface area contributed by atoms with E-state index in [9.17, 15) is 9.18 Å². The fraction of sp³-hybridized carbons (Fsp3) is 0.500. The molecule has 0 spiro atoms. The quantitative estimate of drug-likeness (QED) is 0.896. The summed E-state index contributed by atoms with van der Waals surface area (Å²) in [6.45, 7) is 7.49. The number of benzene rings is 1. The van der Waals surface area contributed by atoms with Crippen LogP contribution < -0.4 is 0 Å². The molecule has 0 saturated heterocycles. The van der Waals surface area contributed by atoms with E-state index in [-0.39, 0.29) is 23.9 Å². The van der Waals surface area contributed by atoms with Gasteiger partial charge < -0.3 is 5.11 Å². The zero-order valence-corrected chi connectivity index (χ0v) is 11.3. The van der Waals surface area contributed by atoms with Crippen LogP contribution >= 0.6 is 0 Å². The molecular formula is C14H20FNO2. The average Bonchev–Trinajstić information content (AvgIpc) is 2.24. The lowest BCUT2D eigenvalue weighted by atomic mass is 9.98. The first-order valence-electron chi connectivity index (χ1n) is 5.96. The molecule has 1 unspecified atom stereocenters. The fourth-order valence-corrected chi connectivity index (χ4v) is 2.08. The molecular weight excluding hydrogens is 233 g/mol. The van der Waals surface area contributed by atoms with Gasteiger partial charge in [0.05, 0.1) is 6.54 Å². The number of hydrogen-bond acceptors (Lipinski definition) is 2. The van der Waals surface area contributed by atoms with Crippen LogP contribution in [-0.4, -0.2) is 28.1 Å². The van der Waals surface area contributed by atoms with Crippen LogP contribution in [0.25, 0.3) is 0 Å². The third kappa shape index (κ3) is 3.53. The minimum absolute atomic E-state index is 0.112. The number of nitrogens with zero attached hydrogens (tertiary/aromatic N) is 1. The summed E-state index contributed by atoms with van der Waals surface area (Å²) in [6.07, 6.45) is 0. The maximum absolute atomic E-state index is 13.8. The van der Waals surface area contributed by atoms with Gasteiger partial charge in [-0.25, -0.2) is 4.39 Å². The Balaban J connectivity index is 3.07. The summed E-state index contributed by atoms with van der Waals surface area (Å²) in [5.41, 5.74) is 0.175. The van der Waals surface area contributed by atoms with E-state index < -0.39 is 5.97 Å². The fourth-order valence-electron chi connectivity index (χ4n) is 2.08. The predicted octanol–water partition coefficient (Wildman–Crippen LogP) is 3.07. The number of aliphatic carboxylic acids is 1. The molecule has 4 heteroatoms. The number of carboxylic acids is 1. The van der Waals surface area contributed by atoms with Crippen LogP contribution in [0, 0.1) is 5.82 Å². The van der Waals surface area contributed by atoms with Gasteiger partial charge in [-0.1, -0.05) is 18.2 Å². The Bertz CT molecular complexity index is 426. The topological polar surface area (TPSA) is 40.5 Å². The highest BCUT2D eigenvalue weighted by molar-refractivity contribution is 5.69. The Morgan fingerprint density at radius 3 is 2.39 bits per heavy atom. The van der Waals surface area contributed by atoms with Crippen molar-refractivity contribution in [1.29, 1.82) is 0 Å². The summed E-state index contributed by atoms with van der Waals surface area (Å²) in [5, 5.41) is 8.98. The smallest absolute Gasteiger partial charge is 0.317 e. The van der Waals surface area contributed by atoms with Crippen LogP contribution in [0.1, 0.15) is 39.3 Å². The standard InChI is InChI=1S/C14H20FNO2/c1-10(11-7-5-6-8-12(11)15)16(9-13(17)18)14(2,3)4/h5-8,10H,9H2,1-4H3,(H,17,18). The van der Waals surface area contributed by atoms with E-state index in [1.807, 2.05) is 27.7 Å². The van der Waals surface area contributed by atoms with Gasteiger partial charge in [0.2, 0.25) is 0 Å². The summed E-state index contributed by atoms with van der Waals surface area (Å²) in [6, 6.07) is 6.19. The van der Waals surface area contributed by atoms with Crippen LogP contribution in [0.15, 0.2) is 24.3 Å². The van der Waals surface area contributed by atoms with Crippen LogP contribution in [-0.2, 0) is 4.79 Å². The van der Waals surface area contributed by atoms with Crippen molar-refractivity contribution >= 4 is 5.97 Å². The van der Waals surface area contributed by atoms with Crippen molar-refractivity contribution in [1.82, 2.24) is 4.90 Å². The highest BCUT2D eigenvalue weighted by Gasteiger charge is 2.30. The zero-order valence-electron chi connectivity index (χ0n) is 11.3. The van der Waals surface area contributed by atoms with Crippen LogP contribution in [0.3, 0.4) is 0 Å². The first-order valence-corrected chi connectivity index (χ1v) is 5.96. The molecule has 0 aliphatic rings. The Hall–Kier alpha value is -1.42. The van der Waals surface area contributed by atoms with Gasteiger partial charge in [-0.3, -0.25) is 9.69 Å². The largest absolute Gasteiger partial charge is 0.480 e. The Morgan fingerprint density at radius 1 is 1.39 bits per heavy atom. The molecule has 1 atom stereocenters. The van der Waals surface area contributed by atoms with Gasteiger partial charge in [-0.05, 0) is 33.8 Å². The predicted molar refractivity (Wildman–Crippen MR) is 68.9 cm³/mol. The van der Waals surface area contributed by atoms with E-state index in [0.717, 1.165) is 0 Å². The number of hydrogen-bond donors (Lipinski definition) is 1. The van der Waals surface area contributed by atoms with Crippen molar-refractivity contribution in [3.63, 3.8) is 0 Å². The normalized spacial score (nSPS) is 13.7. The lowest BCUT2D eigenvalue weighted by Crippen LogP contribution is -2.46. The first kappa shape index (κ1) is 14.6. The third-order valence-electron chi connectivity index (χ3n) is 2.99. The van der Waals surface area contributed by atoms with Crippen LogP contribution in [0.2, 0.25) is 0 Å². The molecule has 0 amide bonds. The number of carbonyl (C=O) groups is 1. The van der Waals surface area contributed by atoms with E-state index in [4.69, 9.17) is 5.11 Å². The van der Waals surface area contributed by atoms with Gasteiger partial charge in [0.1, 0.15) is 5.82 Å². The van der Waals surface area contributed by atoms with Crippen LogP contribution in [0.5, 0.6) is 0 Å². The molecule has 0 radical (unpaired) electrons. The molecule has 0 heterocycles. The van der Waals surface area contributed by atoms with Crippen molar-refractivity contribution in [3.8, 4) is 0 Å². The van der Waals surface area contributed by atoms with E-state index in [0.29, 0.717) is 5.56 Å². The first-order chi connectivity index (χ1) is 8.23. The lowest BCUT2D eigenvalue weighted by Gasteiger charge is -2.39. The number of rotatable bonds is 4. The van der Waals surface area contributed by atoms with E-state index in [2.05, 4.69) is 0 Å². The second-order valence-corrected chi connectivity index (χ2v) is 5.39. The van der Waals surface area contributed by atoms with Gasteiger partial charge in [-0.2, -0.15) is 0 Å². The summed E-state index contributed by atoms with van der Waals surface area (Å²) >= 11 is 0. The maximum Gasteiger partial charge on any atom is 0.317 e. The van der Waals surface area contributed by atoms with E-state index in [1.54, 1.807) is 23.1 Å². The van der Waals surface area contributed by atoms with Gasteiger partial charge in [0, 0.05) is 17.1 Å². The van der Waals surface area contributed by atoms with Crippen molar-refractivity contribution < 1.29 is 14.3 Å². The second-order valence-electron chi connectivity index (χ2n) is 5.39. The molecule has 1 aromatic carbocycles. The maximum atomic E-state index is 13.8. The second kappa shape index (κ2) is 5.48. The molecule has 0 fully saturated rings. The van der Waals surface area contributed by atoms with Crippen molar-refractivity contribution in [3.05, 3.63) is 35.6 Å². The molecule has 0 saturated carbocycles. The zero-order chi connectivity index (χ0) is 13.9. The van der Waals surface area contributed by atoms with Gasteiger partial charge in [0.25, 0.3) is 0 Å². The minimum atomic E-state index is -0.909. The monoisotopic (exact) mass is 253 g/mol. The Kier molecular flexibility index (Phi) is 4.46. The molecule has 1 N–H and O–H groups in total. The van der Waals surface area contributed by atoms with Gasteiger partial charge >= 0.3 is 5.97 Å². The lowest BCUT2D eigenvalue weighted by molar-refractivity contribution is -0.140. The van der Waals surface area contributed by atoms with Crippen LogP contribution in [0.4, 0.5) is 4.39 Å². The highest BCUT2D eigenvalue weighted by Crippen LogP contribution is 2.28. The Morgan fingerprint density at radius 2 is 1.94 bits per heavy atom. The highest BCUT2D eigenvalue weighted by atomic mass is 19.1. The molecule has 3 nitrogen and oxygen atoms in total. The molecule has 0 bridgehead atoms. The number of carboxylic acid groups (broad SMARTS) is 1. The Labute approximate surface area is 107 Å². The van der Waals surface area contributed by atoms with E-state index >= 15 is 0 Å². The molecule has 100 valence electrons. The SMILES string of the molecule is CC(c1ccccc1F)N(CC(=O)O)C(C)(C)C. The van der Waals surface area contributed by atoms with Gasteiger partial charge in [-0.15, -0.1) is 0 Å². The molecule has 1 aromatic rings. The molecule has 1 rings (SSSR count). The van der Waals surface area contributed by atoms with Crippen molar-refractivity contribution in [2.45, 2.75) is 39.3 Å². The molecule has 18 heavy (non-hydrogen) atoms. The summed E-state index contributed by atoms with van der Waals surface area (Å²) in [5.74, 6) is -1.21. The summed E-state index contributed by atoms with van der Waals surface area (Å²) in [4.78, 5) is 12.7. The van der Waals surface area contributed by atoms with Crippen molar-refractivity contribution in [2.75, 3.05) is 6.54 Å². The van der Waals surface area contributed by atoms with Gasteiger partial charge in [0.15, 0.2) is 0 Å². The summed E-state index contributed by atoms with van der Waals surface area (Å²) in [7, 11) is 0. The van der Waals surface area contributed by atoms with Crippen molar-refractivity contribution in [2.24, 2.45) is 0 Å². The molecule has 0 aromatic heterocycles. The number of halogens is 1. The minimum Gasteiger partial charge on any atom is -0.480 e.